The van der Waals surface area contributed by atoms with Gasteiger partial charge in [0, 0.05) is 39.8 Å². The molecule has 0 aliphatic carbocycles. The third kappa shape index (κ3) is 3.07. The van der Waals surface area contributed by atoms with E-state index in [9.17, 15) is 0 Å². The number of nitrogen functional groups attached to an aromatic ring is 1. The van der Waals surface area contributed by atoms with Crippen LogP contribution in [0.4, 0.5) is 5.82 Å². The molecule has 0 spiro atoms. The Kier molecular flexibility index (Phi) is 5.06. The van der Waals surface area contributed by atoms with Gasteiger partial charge in [-0.15, -0.1) is 0 Å². The monoisotopic (exact) mass is 303 g/mol. The molecule has 2 heterocycles. The Morgan fingerprint density at radius 2 is 2.22 bits per heavy atom. The number of rotatable bonds is 3. The highest BCUT2D eigenvalue weighted by molar-refractivity contribution is 8.07. The van der Waals surface area contributed by atoms with Gasteiger partial charge in [-0.3, -0.25) is 0 Å². The first-order valence-corrected chi connectivity index (χ1v) is 8.50. The summed E-state index contributed by atoms with van der Waals surface area (Å²) in [6, 6.07) is 1.75. The summed E-state index contributed by atoms with van der Waals surface area (Å²) in [4.78, 5) is 4.10. The molecule has 0 saturated carbocycles. The number of hydrogen-bond donors (Lipinski definition) is 2. The second kappa shape index (κ2) is 6.37. The van der Waals surface area contributed by atoms with Crippen LogP contribution in [0.25, 0.3) is 0 Å². The Hall–Kier alpha value is -0.100. The maximum Gasteiger partial charge on any atom is 0.128 e. The SMILES string of the molecule is CCC1SCCSC1C(N)c1cc(Cl)cnc1N. The fourth-order valence-electron chi connectivity index (χ4n) is 2.18. The molecule has 1 aliphatic rings. The minimum absolute atomic E-state index is 0.0982. The van der Waals surface area contributed by atoms with Gasteiger partial charge in [-0.2, -0.15) is 23.5 Å². The summed E-state index contributed by atoms with van der Waals surface area (Å²) in [5, 5.41) is 1.56. The lowest BCUT2D eigenvalue weighted by molar-refractivity contribution is 0.630. The number of nitrogens with zero attached hydrogens (tertiary/aromatic N) is 1. The zero-order valence-corrected chi connectivity index (χ0v) is 12.7. The summed E-state index contributed by atoms with van der Waals surface area (Å²) in [6.45, 7) is 2.21. The quantitative estimate of drug-likeness (QED) is 0.899. The summed E-state index contributed by atoms with van der Waals surface area (Å²) >= 11 is 9.93. The smallest absolute Gasteiger partial charge is 0.128 e. The molecule has 1 aromatic rings. The molecule has 2 rings (SSSR count). The van der Waals surface area contributed by atoms with Crippen molar-refractivity contribution in [2.45, 2.75) is 29.9 Å². The number of aromatic nitrogens is 1. The van der Waals surface area contributed by atoms with Gasteiger partial charge in [-0.1, -0.05) is 18.5 Å². The van der Waals surface area contributed by atoms with Gasteiger partial charge in [0.1, 0.15) is 5.82 Å². The molecule has 1 aromatic heterocycles. The topological polar surface area (TPSA) is 64.9 Å². The average Bonchev–Trinajstić information content (AvgIpc) is 2.40. The van der Waals surface area contributed by atoms with Crippen LogP contribution < -0.4 is 11.5 Å². The lowest BCUT2D eigenvalue weighted by Crippen LogP contribution is -2.36. The Morgan fingerprint density at radius 3 is 2.94 bits per heavy atom. The van der Waals surface area contributed by atoms with Gasteiger partial charge in [0.15, 0.2) is 0 Å². The maximum atomic E-state index is 6.39. The Balaban J connectivity index is 2.23. The molecule has 6 heteroatoms. The molecule has 100 valence electrons. The lowest BCUT2D eigenvalue weighted by atomic mass is 10.0. The average molecular weight is 304 g/mol. The van der Waals surface area contributed by atoms with Crippen LogP contribution >= 0.6 is 35.1 Å². The fourth-order valence-corrected chi connectivity index (χ4v) is 5.52. The maximum absolute atomic E-state index is 6.39. The number of halogens is 1. The summed E-state index contributed by atoms with van der Waals surface area (Å²) in [5.41, 5.74) is 13.2. The Bertz CT molecular complexity index is 416. The first-order valence-electron chi connectivity index (χ1n) is 6.03. The molecule has 1 saturated heterocycles. The van der Waals surface area contributed by atoms with Crippen LogP contribution in [0.15, 0.2) is 12.3 Å². The van der Waals surface area contributed by atoms with Gasteiger partial charge >= 0.3 is 0 Å². The van der Waals surface area contributed by atoms with E-state index < -0.39 is 0 Å². The molecule has 3 nitrogen and oxygen atoms in total. The standard InChI is InChI=1S/C12H18ClN3S2/c1-2-9-11(18-4-3-17-9)10(14)8-5-7(13)6-16-12(8)15/h5-6,9-11H,2-4,14H2,1H3,(H2,15,16). The number of hydrogen-bond acceptors (Lipinski definition) is 5. The van der Waals surface area contributed by atoms with Crippen LogP contribution in [0.5, 0.6) is 0 Å². The largest absolute Gasteiger partial charge is 0.383 e. The zero-order valence-electron chi connectivity index (χ0n) is 10.3. The van der Waals surface area contributed by atoms with E-state index in [1.165, 1.54) is 5.75 Å². The summed E-state index contributed by atoms with van der Waals surface area (Å²) in [5.74, 6) is 2.85. The Labute approximate surface area is 121 Å². The highest BCUT2D eigenvalue weighted by Crippen LogP contribution is 2.40. The summed E-state index contributed by atoms with van der Waals surface area (Å²) < 4.78 is 0. The predicted molar refractivity (Wildman–Crippen MR) is 83.4 cm³/mol. The van der Waals surface area contributed by atoms with Crippen molar-refractivity contribution >= 4 is 40.9 Å². The number of anilines is 1. The molecule has 0 bridgehead atoms. The molecule has 0 radical (unpaired) electrons. The fraction of sp³-hybridized carbons (Fsp3) is 0.583. The molecular formula is C12H18ClN3S2. The van der Waals surface area contributed by atoms with Gasteiger partial charge < -0.3 is 11.5 Å². The van der Waals surface area contributed by atoms with E-state index in [1.807, 2.05) is 29.6 Å². The first kappa shape index (κ1) is 14.3. The molecule has 0 amide bonds. The molecular weight excluding hydrogens is 286 g/mol. The van der Waals surface area contributed by atoms with Gasteiger partial charge in [0.25, 0.3) is 0 Å². The van der Waals surface area contributed by atoms with E-state index in [0.717, 1.165) is 17.7 Å². The minimum atomic E-state index is -0.0982. The molecule has 1 fully saturated rings. The molecule has 3 atom stereocenters. The van der Waals surface area contributed by atoms with Crippen molar-refractivity contribution in [3.8, 4) is 0 Å². The van der Waals surface area contributed by atoms with Crippen molar-refractivity contribution in [3.63, 3.8) is 0 Å². The van der Waals surface area contributed by atoms with E-state index >= 15 is 0 Å². The van der Waals surface area contributed by atoms with E-state index in [4.69, 9.17) is 23.1 Å². The molecule has 0 aromatic carbocycles. The van der Waals surface area contributed by atoms with Gasteiger partial charge in [0.2, 0.25) is 0 Å². The van der Waals surface area contributed by atoms with Crippen LogP contribution in [0.3, 0.4) is 0 Å². The molecule has 18 heavy (non-hydrogen) atoms. The second-order valence-electron chi connectivity index (χ2n) is 4.31. The van der Waals surface area contributed by atoms with Gasteiger partial charge in [-0.25, -0.2) is 4.98 Å². The van der Waals surface area contributed by atoms with Crippen molar-refractivity contribution in [1.29, 1.82) is 0 Å². The van der Waals surface area contributed by atoms with E-state index in [2.05, 4.69) is 11.9 Å². The van der Waals surface area contributed by atoms with Crippen LogP contribution in [-0.2, 0) is 0 Å². The van der Waals surface area contributed by atoms with Gasteiger partial charge in [0.05, 0.1) is 5.02 Å². The molecule has 3 unspecified atom stereocenters. The zero-order chi connectivity index (χ0) is 13.1. The normalized spacial score (nSPS) is 25.9. The number of nitrogens with two attached hydrogens (primary N) is 2. The van der Waals surface area contributed by atoms with Crippen molar-refractivity contribution < 1.29 is 0 Å². The van der Waals surface area contributed by atoms with Crippen LogP contribution in [0.1, 0.15) is 24.9 Å². The van der Waals surface area contributed by atoms with Crippen molar-refractivity contribution in [3.05, 3.63) is 22.8 Å². The molecule has 4 N–H and O–H groups in total. The minimum Gasteiger partial charge on any atom is -0.383 e. The predicted octanol–water partition coefficient (Wildman–Crippen LogP) is 2.94. The highest BCUT2D eigenvalue weighted by atomic mass is 35.5. The first-order chi connectivity index (χ1) is 8.63. The highest BCUT2D eigenvalue weighted by Gasteiger charge is 2.32. The van der Waals surface area contributed by atoms with Crippen LogP contribution in [0, 0.1) is 0 Å². The third-order valence-electron chi connectivity index (χ3n) is 3.12. The second-order valence-corrected chi connectivity index (χ2v) is 7.38. The van der Waals surface area contributed by atoms with Crippen LogP contribution in [-0.4, -0.2) is 27.0 Å². The van der Waals surface area contributed by atoms with Gasteiger partial charge in [-0.05, 0) is 12.5 Å². The van der Waals surface area contributed by atoms with Crippen molar-refractivity contribution in [2.24, 2.45) is 5.73 Å². The van der Waals surface area contributed by atoms with Crippen molar-refractivity contribution in [1.82, 2.24) is 4.98 Å². The van der Waals surface area contributed by atoms with Crippen molar-refractivity contribution in [2.75, 3.05) is 17.2 Å². The van der Waals surface area contributed by atoms with E-state index in [1.54, 1.807) is 6.20 Å². The van der Waals surface area contributed by atoms with E-state index in [0.29, 0.717) is 21.3 Å². The summed E-state index contributed by atoms with van der Waals surface area (Å²) in [7, 11) is 0. The lowest BCUT2D eigenvalue weighted by Gasteiger charge is -2.34. The summed E-state index contributed by atoms with van der Waals surface area (Å²) in [6.07, 6.45) is 2.69. The molecule has 1 aliphatic heterocycles. The van der Waals surface area contributed by atoms with Crippen LogP contribution in [0.2, 0.25) is 5.02 Å². The Morgan fingerprint density at radius 1 is 1.50 bits per heavy atom. The number of pyridine rings is 1. The van der Waals surface area contributed by atoms with E-state index in [-0.39, 0.29) is 6.04 Å². The number of thioether (sulfide) groups is 2. The third-order valence-corrected chi connectivity index (χ3v) is 6.70.